The number of rotatable bonds is 4. The molecule has 0 heterocycles. The molecule has 3 rings (SSSR count). The van der Waals surface area contributed by atoms with Gasteiger partial charge in [-0.1, -0.05) is 30.0 Å². The van der Waals surface area contributed by atoms with Crippen molar-refractivity contribution in [3.05, 3.63) is 99.1 Å². The van der Waals surface area contributed by atoms with Gasteiger partial charge in [-0.2, -0.15) is 0 Å². The second kappa shape index (κ2) is 8.06. The normalized spacial score (nSPS) is 9.93. The van der Waals surface area contributed by atoms with Crippen molar-refractivity contribution in [2.75, 3.05) is 0 Å². The Morgan fingerprint density at radius 1 is 0.759 bits per heavy atom. The van der Waals surface area contributed by atoms with Crippen molar-refractivity contribution < 1.29 is 24.7 Å². The minimum Gasteiger partial charge on any atom is -0.478 e. The van der Waals surface area contributed by atoms with Crippen LogP contribution >= 0.6 is 0 Å². The predicted octanol–water partition coefficient (Wildman–Crippen LogP) is 4.06. The van der Waals surface area contributed by atoms with E-state index in [0.29, 0.717) is 16.7 Å². The summed E-state index contributed by atoms with van der Waals surface area (Å²) in [7, 11) is 0. The molecule has 0 spiro atoms. The van der Waals surface area contributed by atoms with Crippen molar-refractivity contribution >= 4 is 17.6 Å². The maximum absolute atomic E-state index is 11.5. The number of aromatic carboxylic acids is 2. The number of hydrogen-bond acceptors (Lipinski definition) is 4. The number of carbonyl (C=O) groups is 2. The molecule has 29 heavy (non-hydrogen) atoms. The van der Waals surface area contributed by atoms with E-state index in [4.69, 9.17) is 10.2 Å². The van der Waals surface area contributed by atoms with E-state index in [2.05, 4.69) is 11.8 Å². The minimum atomic E-state index is -1.05. The molecule has 0 aliphatic rings. The van der Waals surface area contributed by atoms with Crippen LogP contribution < -0.4 is 0 Å². The fourth-order valence-electron chi connectivity index (χ4n) is 2.61. The van der Waals surface area contributed by atoms with Crippen molar-refractivity contribution in [2.24, 2.45) is 0 Å². The standard InChI is InChI=1S/C22H13NO6/c24-21(25)17-5-2-14(3-6-17)1-4-16-9-12-19(13-20(16)23(28)29)15-7-10-18(11-8-15)22(26)27/h2-3,5-13H,(H,24,25)(H,26,27). The molecule has 0 unspecified atom stereocenters. The molecule has 0 fully saturated rings. The van der Waals surface area contributed by atoms with Crippen LogP contribution in [-0.4, -0.2) is 27.1 Å². The first kappa shape index (κ1) is 19.3. The lowest BCUT2D eigenvalue weighted by Gasteiger charge is -2.04. The molecule has 7 nitrogen and oxygen atoms in total. The van der Waals surface area contributed by atoms with E-state index < -0.39 is 16.9 Å². The Labute approximate surface area is 165 Å². The summed E-state index contributed by atoms with van der Waals surface area (Å²) in [4.78, 5) is 32.8. The Bertz CT molecular complexity index is 1170. The lowest BCUT2D eigenvalue weighted by atomic mass is 10.0. The Morgan fingerprint density at radius 2 is 1.28 bits per heavy atom. The average molecular weight is 387 g/mol. The fraction of sp³-hybridized carbons (Fsp3) is 0. The number of benzene rings is 3. The molecular formula is C22H13NO6. The van der Waals surface area contributed by atoms with E-state index >= 15 is 0 Å². The molecule has 0 radical (unpaired) electrons. The zero-order valence-electron chi connectivity index (χ0n) is 14.8. The van der Waals surface area contributed by atoms with Crippen LogP contribution in [0, 0.1) is 22.0 Å². The van der Waals surface area contributed by atoms with E-state index in [-0.39, 0.29) is 22.4 Å². The maximum atomic E-state index is 11.5. The maximum Gasteiger partial charge on any atom is 0.335 e. The number of nitro groups is 1. The van der Waals surface area contributed by atoms with Crippen molar-refractivity contribution in [1.29, 1.82) is 0 Å². The third-order valence-corrected chi connectivity index (χ3v) is 4.13. The average Bonchev–Trinajstić information content (AvgIpc) is 2.72. The highest BCUT2D eigenvalue weighted by molar-refractivity contribution is 5.88. The second-order valence-corrected chi connectivity index (χ2v) is 6.00. The van der Waals surface area contributed by atoms with Crippen molar-refractivity contribution in [2.45, 2.75) is 0 Å². The van der Waals surface area contributed by atoms with E-state index in [1.807, 2.05) is 0 Å². The number of nitrogens with zero attached hydrogens (tertiary/aromatic N) is 1. The molecule has 7 heteroatoms. The molecule has 0 saturated carbocycles. The third kappa shape index (κ3) is 4.46. The van der Waals surface area contributed by atoms with Crippen molar-refractivity contribution in [3.63, 3.8) is 0 Å². The molecule has 0 aliphatic carbocycles. The minimum absolute atomic E-state index is 0.125. The molecule has 0 aromatic heterocycles. The first-order valence-electron chi connectivity index (χ1n) is 8.32. The summed E-state index contributed by atoms with van der Waals surface area (Å²) in [5, 5.41) is 29.3. The van der Waals surface area contributed by atoms with Crippen LogP contribution in [0.3, 0.4) is 0 Å². The Hall–Kier alpha value is -4.44. The van der Waals surface area contributed by atoms with E-state index in [1.165, 1.54) is 48.5 Å². The second-order valence-electron chi connectivity index (χ2n) is 6.00. The summed E-state index contributed by atoms with van der Waals surface area (Å²) in [6.07, 6.45) is 0. The Balaban J connectivity index is 1.94. The van der Waals surface area contributed by atoms with Gasteiger partial charge in [0.05, 0.1) is 16.1 Å². The van der Waals surface area contributed by atoms with Crippen LogP contribution in [0.25, 0.3) is 11.1 Å². The van der Waals surface area contributed by atoms with Gasteiger partial charge >= 0.3 is 11.9 Å². The molecule has 0 amide bonds. The van der Waals surface area contributed by atoms with E-state index in [1.54, 1.807) is 18.2 Å². The number of carboxylic acid groups (broad SMARTS) is 2. The predicted molar refractivity (Wildman–Crippen MR) is 105 cm³/mol. The van der Waals surface area contributed by atoms with Gasteiger partial charge in [0.15, 0.2) is 0 Å². The molecule has 0 saturated heterocycles. The quantitative estimate of drug-likeness (QED) is 0.396. The van der Waals surface area contributed by atoms with Crippen molar-refractivity contribution in [3.8, 4) is 23.0 Å². The Kier molecular flexibility index (Phi) is 5.37. The number of nitro benzene ring substituents is 1. The van der Waals surface area contributed by atoms with Gasteiger partial charge in [-0.15, -0.1) is 0 Å². The van der Waals surface area contributed by atoms with Gasteiger partial charge in [0, 0.05) is 11.6 Å². The monoisotopic (exact) mass is 387 g/mol. The van der Waals surface area contributed by atoms with Crippen molar-refractivity contribution in [1.82, 2.24) is 0 Å². The van der Waals surface area contributed by atoms with Gasteiger partial charge < -0.3 is 10.2 Å². The van der Waals surface area contributed by atoms with E-state index in [9.17, 15) is 19.7 Å². The van der Waals surface area contributed by atoms with Crippen LogP contribution in [-0.2, 0) is 0 Å². The number of carboxylic acids is 2. The van der Waals surface area contributed by atoms with Gasteiger partial charge in [-0.25, -0.2) is 9.59 Å². The van der Waals surface area contributed by atoms with Crippen LogP contribution in [0.15, 0.2) is 66.7 Å². The molecule has 3 aromatic carbocycles. The lowest BCUT2D eigenvalue weighted by Crippen LogP contribution is -1.96. The molecule has 0 atom stereocenters. The van der Waals surface area contributed by atoms with Crippen LogP contribution in [0.2, 0.25) is 0 Å². The highest BCUT2D eigenvalue weighted by atomic mass is 16.6. The third-order valence-electron chi connectivity index (χ3n) is 4.13. The van der Waals surface area contributed by atoms with Gasteiger partial charge in [0.1, 0.15) is 5.56 Å². The smallest absolute Gasteiger partial charge is 0.335 e. The molecule has 2 N–H and O–H groups in total. The zero-order valence-corrected chi connectivity index (χ0v) is 14.8. The molecular weight excluding hydrogens is 374 g/mol. The first-order chi connectivity index (χ1) is 13.8. The summed E-state index contributed by atoms with van der Waals surface area (Å²) in [6, 6.07) is 16.5. The highest BCUT2D eigenvalue weighted by Gasteiger charge is 2.14. The molecule has 142 valence electrons. The van der Waals surface area contributed by atoms with Gasteiger partial charge in [-0.05, 0) is 53.6 Å². The largest absolute Gasteiger partial charge is 0.478 e. The topological polar surface area (TPSA) is 118 Å². The van der Waals surface area contributed by atoms with Gasteiger partial charge in [0.2, 0.25) is 0 Å². The molecule has 0 aliphatic heterocycles. The molecule has 0 bridgehead atoms. The first-order valence-corrected chi connectivity index (χ1v) is 8.32. The number of hydrogen-bond donors (Lipinski definition) is 2. The fourth-order valence-corrected chi connectivity index (χ4v) is 2.61. The molecule has 3 aromatic rings. The summed E-state index contributed by atoms with van der Waals surface area (Å²) >= 11 is 0. The van der Waals surface area contributed by atoms with Crippen LogP contribution in [0.5, 0.6) is 0 Å². The summed E-state index contributed by atoms with van der Waals surface area (Å²) in [5.41, 5.74) is 2.01. The van der Waals surface area contributed by atoms with Crippen LogP contribution in [0.4, 0.5) is 5.69 Å². The van der Waals surface area contributed by atoms with Gasteiger partial charge in [-0.3, -0.25) is 10.1 Å². The van der Waals surface area contributed by atoms with E-state index in [0.717, 1.165) is 0 Å². The zero-order chi connectivity index (χ0) is 21.0. The summed E-state index contributed by atoms with van der Waals surface area (Å²) in [6.45, 7) is 0. The van der Waals surface area contributed by atoms with Gasteiger partial charge in [0.25, 0.3) is 5.69 Å². The lowest BCUT2D eigenvalue weighted by molar-refractivity contribution is -0.385. The highest BCUT2D eigenvalue weighted by Crippen LogP contribution is 2.27. The summed E-state index contributed by atoms with van der Waals surface area (Å²) in [5.74, 6) is 3.43. The SMILES string of the molecule is O=C(O)c1ccc(C#Cc2ccc(-c3ccc(C(=O)O)cc3)cc2[N+](=O)[O-])cc1. The summed E-state index contributed by atoms with van der Waals surface area (Å²) < 4.78 is 0. The van der Waals surface area contributed by atoms with Crippen LogP contribution in [0.1, 0.15) is 31.8 Å². The Morgan fingerprint density at radius 3 is 1.79 bits per heavy atom.